The van der Waals surface area contributed by atoms with Crippen LogP contribution >= 0.6 is 0 Å². The van der Waals surface area contributed by atoms with Crippen LogP contribution in [0.1, 0.15) is 29.3 Å². The van der Waals surface area contributed by atoms with E-state index < -0.39 is 5.97 Å². The monoisotopic (exact) mass is 256 g/mol. The Morgan fingerprint density at radius 1 is 1.11 bits per heavy atom. The molecule has 0 unspecified atom stereocenters. The molecule has 0 spiro atoms. The van der Waals surface area contributed by atoms with Crippen molar-refractivity contribution in [2.45, 2.75) is 19.8 Å². The molecule has 0 radical (unpaired) electrons. The minimum atomic E-state index is -0.955. The van der Waals surface area contributed by atoms with Crippen LogP contribution in [0.4, 0.5) is 0 Å². The highest BCUT2D eigenvalue weighted by Crippen LogP contribution is 2.23. The third-order valence-corrected chi connectivity index (χ3v) is 2.78. The van der Waals surface area contributed by atoms with Crippen molar-refractivity contribution < 1.29 is 14.6 Å². The molecule has 3 heteroatoms. The minimum Gasteiger partial charge on any atom is -0.478 e. The third kappa shape index (κ3) is 3.58. The van der Waals surface area contributed by atoms with Gasteiger partial charge in [0.2, 0.25) is 0 Å². The number of ether oxygens (including phenoxy) is 1. The van der Waals surface area contributed by atoms with Gasteiger partial charge in [-0.2, -0.15) is 0 Å². The van der Waals surface area contributed by atoms with Crippen LogP contribution in [0.25, 0.3) is 0 Å². The van der Waals surface area contributed by atoms with E-state index in [-0.39, 0.29) is 5.56 Å². The number of aromatic carboxylic acids is 1. The summed E-state index contributed by atoms with van der Waals surface area (Å²) in [6.07, 6.45) is 2.16. The highest BCUT2D eigenvalue weighted by Gasteiger charge is 2.04. The summed E-state index contributed by atoms with van der Waals surface area (Å²) in [5, 5.41) is 8.92. The Bertz CT molecular complexity index is 558. The number of aryl methyl sites for hydroxylation is 1. The van der Waals surface area contributed by atoms with Gasteiger partial charge >= 0.3 is 5.97 Å². The Hall–Kier alpha value is -2.29. The van der Waals surface area contributed by atoms with E-state index in [0.717, 1.165) is 12.8 Å². The summed E-state index contributed by atoms with van der Waals surface area (Å²) in [6, 6.07) is 14.3. The van der Waals surface area contributed by atoms with Crippen molar-refractivity contribution in [3.05, 3.63) is 59.7 Å². The van der Waals surface area contributed by atoms with Gasteiger partial charge in [0.1, 0.15) is 11.5 Å². The first kappa shape index (κ1) is 13.1. The molecule has 19 heavy (non-hydrogen) atoms. The molecule has 0 bridgehead atoms. The van der Waals surface area contributed by atoms with Crippen molar-refractivity contribution in [3.63, 3.8) is 0 Å². The molecule has 0 aliphatic rings. The van der Waals surface area contributed by atoms with Gasteiger partial charge in [0.25, 0.3) is 0 Å². The zero-order valence-electron chi connectivity index (χ0n) is 10.8. The second kappa shape index (κ2) is 6.05. The van der Waals surface area contributed by atoms with Gasteiger partial charge in [-0.15, -0.1) is 0 Å². The number of rotatable bonds is 5. The number of carbonyl (C=O) groups is 1. The summed E-state index contributed by atoms with van der Waals surface area (Å²) in [4.78, 5) is 10.9. The standard InChI is InChI=1S/C16H16O3/c1-2-4-12-7-9-14(10-8-12)19-15-6-3-5-13(11-15)16(17)18/h3,5-11H,2,4H2,1H3,(H,17,18). The fourth-order valence-electron chi connectivity index (χ4n) is 1.84. The predicted octanol–water partition coefficient (Wildman–Crippen LogP) is 4.13. The van der Waals surface area contributed by atoms with Gasteiger partial charge in [-0.05, 0) is 42.3 Å². The van der Waals surface area contributed by atoms with Crippen LogP contribution in [0.5, 0.6) is 11.5 Å². The molecule has 2 rings (SSSR count). The second-order valence-corrected chi connectivity index (χ2v) is 4.33. The molecule has 0 fully saturated rings. The zero-order chi connectivity index (χ0) is 13.7. The topological polar surface area (TPSA) is 46.5 Å². The average molecular weight is 256 g/mol. The number of hydrogen-bond donors (Lipinski definition) is 1. The van der Waals surface area contributed by atoms with E-state index in [1.54, 1.807) is 18.2 Å². The average Bonchev–Trinajstić information content (AvgIpc) is 2.42. The minimum absolute atomic E-state index is 0.222. The van der Waals surface area contributed by atoms with E-state index in [2.05, 4.69) is 6.92 Å². The van der Waals surface area contributed by atoms with Crippen LogP contribution in [0.3, 0.4) is 0 Å². The van der Waals surface area contributed by atoms with Crippen LogP contribution in [0.15, 0.2) is 48.5 Å². The van der Waals surface area contributed by atoms with Gasteiger partial charge in [-0.1, -0.05) is 31.5 Å². The van der Waals surface area contributed by atoms with Gasteiger partial charge in [0.05, 0.1) is 5.56 Å². The SMILES string of the molecule is CCCc1ccc(Oc2cccc(C(=O)O)c2)cc1. The van der Waals surface area contributed by atoms with Crippen molar-refractivity contribution in [3.8, 4) is 11.5 Å². The maximum Gasteiger partial charge on any atom is 0.335 e. The van der Waals surface area contributed by atoms with E-state index in [9.17, 15) is 4.79 Å². The number of carboxylic acid groups (broad SMARTS) is 1. The summed E-state index contributed by atoms with van der Waals surface area (Å²) in [7, 11) is 0. The number of hydrogen-bond acceptors (Lipinski definition) is 2. The molecule has 0 heterocycles. The Morgan fingerprint density at radius 3 is 2.47 bits per heavy atom. The summed E-state index contributed by atoms with van der Waals surface area (Å²) in [5.41, 5.74) is 1.49. The lowest BCUT2D eigenvalue weighted by molar-refractivity contribution is 0.0696. The summed E-state index contributed by atoms with van der Waals surface area (Å²) in [6.45, 7) is 2.14. The lowest BCUT2D eigenvalue weighted by Gasteiger charge is -2.07. The largest absolute Gasteiger partial charge is 0.478 e. The molecule has 98 valence electrons. The molecular formula is C16H16O3. The first-order valence-corrected chi connectivity index (χ1v) is 6.29. The molecule has 0 amide bonds. The van der Waals surface area contributed by atoms with Crippen molar-refractivity contribution in [1.29, 1.82) is 0 Å². The fourth-order valence-corrected chi connectivity index (χ4v) is 1.84. The van der Waals surface area contributed by atoms with Crippen molar-refractivity contribution in [2.24, 2.45) is 0 Å². The lowest BCUT2D eigenvalue weighted by Crippen LogP contribution is -1.96. The Balaban J connectivity index is 2.12. The molecule has 0 aliphatic carbocycles. The van der Waals surface area contributed by atoms with E-state index in [1.165, 1.54) is 11.6 Å². The van der Waals surface area contributed by atoms with Gasteiger partial charge in [-0.3, -0.25) is 0 Å². The summed E-state index contributed by atoms with van der Waals surface area (Å²) < 4.78 is 5.64. The van der Waals surface area contributed by atoms with Gasteiger partial charge in [-0.25, -0.2) is 4.79 Å². The molecule has 2 aromatic rings. The Morgan fingerprint density at radius 2 is 1.84 bits per heavy atom. The maximum absolute atomic E-state index is 10.9. The van der Waals surface area contributed by atoms with E-state index in [1.807, 2.05) is 24.3 Å². The Labute approximate surface area is 112 Å². The molecule has 0 saturated heterocycles. The summed E-state index contributed by atoms with van der Waals surface area (Å²) in [5.74, 6) is 0.286. The van der Waals surface area contributed by atoms with E-state index in [0.29, 0.717) is 11.5 Å². The third-order valence-electron chi connectivity index (χ3n) is 2.78. The smallest absolute Gasteiger partial charge is 0.335 e. The maximum atomic E-state index is 10.9. The van der Waals surface area contributed by atoms with Gasteiger partial charge in [0.15, 0.2) is 0 Å². The lowest BCUT2D eigenvalue weighted by atomic mass is 10.1. The van der Waals surface area contributed by atoms with Crippen LogP contribution < -0.4 is 4.74 Å². The fraction of sp³-hybridized carbons (Fsp3) is 0.188. The van der Waals surface area contributed by atoms with Crippen LogP contribution in [0.2, 0.25) is 0 Å². The van der Waals surface area contributed by atoms with Gasteiger partial charge in [0, 0.05) is 0 Å². The Kier molecular flexibility index (Phi) is 4.18. The predicted molar refractivity (Wildman–Crippen MR) is 73.9 cm³/mol. The second-order valence-electron chi connectivity index (χ2n) is 4.33. The van der Waals surface area contributed by atoms with E-state index >= 15 is 0 Å². The van der Waals surface area contributed by atoms with Crippen LogP contribution in [-0.4, -0.2) is 11.1 Å². The van der Waals surface area contributed by atoms with Crippen LogP contribution in [0, 0.1) is 0 Å². The molecule has 1 N–H and O–H groups in total. The molecule has 2 aromatic carbocycles. The van der Waals surface area contributed by atoms with Gasteiger partial charge < -0.3 is 9.84 Å². The number of carboxylic acids is 1. The molecule has 0 aliphatic heterocycles. The molecule has 0 aromatic heterocycles. The molecule has 3 nitrogen and oxygen atoms in total. The van der Waals surface area contributed by atoms with Crippen molar-refractivity contribution in [1.82, 2.24) is 0 Å². The first-order chi connectivity index (χ1) is 9.19. The van der Waals surface area contributed by atoms with Crippen molar-refractivity contribution in [2.75, 3.05) is 0 Å². The first-order valence-electron chi connectivity index (χ1n) is 6.29. The molecule has 0 atom stereocenters. The van der Waals surface area contributed by atoms with E-state index in [4.69, 9.17) is 9.84 Å². The normalized spacial score (nSPS) is 10.2. The summed E-state index contributed by atoms with van der Waals surface area (Å²) >= 11 is 0. The van der Waals surface area contributed by atoms with Crippen molar-refractivity contribution >= 4 is 5.97 Å². The molecule has 0 saturated carbocycles. The highest BCUT2D eigenvalue weighted by molar-refractivity contribution is 5.88. The zero-order valence-corrected chi connectivity index (χ0v) is 10.8. The molecular weight excluding hydrogens is 240 g/mol. The number of benzene rings is 2. The van der Waals surface area contributed by atoms with Crippen LogP contribution in [-0.2, 0) is 6.42 Å². The highest BCUT2D eigenvalue weighted by atomic mass is 16.5. The quantitative estimate of drug-likeness (QED) is 0.874.